The number of H-pyrrole nitrogens is 1. The van der Waals surface area contributed by atoms with Crippen LogP contribution in [0.4, 0.5) is 5.82 Å². The number of carbonyl (C=O) groups excluding carboxylic acids is 1. The first-order chi connectivity index (χ1) is 9.61. The van der Waals surface area contributed by atoms with Gasteiger partial charge in [0.25, 0.3) is 5.91 Å². The topological polar surface area (TPSA) is 70.7 Å². The number of thiophene rings is 1. The minimum Gasteiger partial charge on any atom is -0.304 e. The number of rotatable bonds is 3. The van der Waals surface area contributed by atoms with Crippen LogP contribution in [0.2, 0.25) is 0 Å². The number of anilines is 1. The first-order valence-electron chi connectivity index (χ1n) is 5.65. The second kappa shape index (κ2) is 5.47. The van der Waals surface area contributed by atoms with E-state index in [0.717, 1.165) is 20.1 Å². The van der Waals surface area contributed by atoms with Crippen LogP contribution in [-0.2, 0) is 0 Å². The molecule has 0 aromatic carbocycles. The van der Waals surface area contributed by atoms with Crippen LogP contribution in [0, 0.1) is 6.92 Å². The Labute approximate surface area is 131 Å². The molecule has 0 saturated heterocycles. The third-order valence-electron chi connectivity index (χ3n) is 2.46. The second-order valence-electron chi connectivity index (χ2n) is 4.06. The van der Waals surface area contributed by atoms with E-state index < -0.39 is 0 Å². The van der Waals surface area contributed by atoms with Crippen molar-refractivity contribution in [3.63, 3.8) is 0 Å². The van der Waals surface area contributed by atoms with Crippen LogP contribution in [0.25, 0.3) is 9.88 Å². The minimum absolute atomic E-state index is 0.255. The summed E-state index contributed by atoms with van der Waals surface area (Å²) in [5.41, 5.74) is 1.29. The predicted molar refractivity (Wildman–Crippen MR) is 84.4 cm³/mol. The minimum atomic E-state index is -0.255. The first-order valence-corrected chi connectivity index (χ1v) is 8.20. The number of halogens is 1. The molecule has 0 fully saturated rings. The Balaban J connectivity index is 1.78. The molecule has 8 heteroatoms. The van der Waals surface area contributed by atoms with Gasteiger partial charge in [0.15, 0.2) is 5.82 Å². The Morgan fingerprint density at radius 2 is 2.20 bits per heavy atom. The van der Waals surface area contributed by atoms with E-state index in [2.05, 4.69) is 36.4 Å². The van der Waals surface area contributed by atoms with E-state index in [4.69, 9.17) is 0 Å². The maximum atomic E-state index is 12.0. The van der Waals surface area contributed by atoms with Gasteiger partial charge in [0.2, 0.25) is 0 Å². The molecule has 3 heterocycles. The van der Waals surface area contributed by atoms with Gasteiger partial charge in [0.1, 0.15) is 10.7 Å². The highest BCUT2D eigenvalue weighted by Crippen LogP contribution is 2.32. The van der Waals surface area contributed by atoms with Crippen LogP contribution in [0.3, 0.4) is 0 Å². The molecule has 0 saturated carbocycles. The molecule has 0 aliphatic heterocycles. The molecule has 0 atom stereocenters. The average molecular weight is 369 g/mol. The number of aromatic nitrogens is 3. The molecule has 5 nitrogen and oxygen atoms in total. The number of nitrogens with zero attached hydrogens (tertiary/aromatic N) is 2. The van der Waals surface area contributed by atoms with Crippen molar-refractivity contribution in [1.29, 1.82) is 0 Å². The van der Waals surface area contributed by atoms with E-state index in [1.807, 2.05) is 18.4 Å². The van der Waals surface area contributed by atoms with Gasteiger partial charge in [-0.25, -0.2) is 4.98 Å². The van der Waals surface area contributed by atoms with Crippen molar-refractivity contribution in [2.24, 2.45) is 0 Å². The lowest BCUT2D eigenvalue weighted by Crippen LogP contribution is -2.12. The highest BCUT2D eigenvalue weighted by Gasteiger charge is 2.14. The first kappa shape index (κ1) is 13.5. The molecule has 0 aliphatic carbocycles. The maximum Gasteiger partial charge on any atom is 0.276 e. The van der Waals surface area contributed by atoms with Crippen LogP contribution in [0.15, 0.2) is 27.4 Å². The molecule has 20 heavy (non-hydrogen) atoms. The zero-order valence-corrected chi connectivity index (χ0v) is 13.5. The van der Waals surface area contributed by atoms with Gasteiger partial charge in [-0.2, -0.15) is 5.10 Å². The highest BCUT2D eigenvalue weighted by molar-refractivity contribution is 9.10. The fraction of sp³-hybridized carbons (Fsp3) is 0.0833. The summed E-state index contributed by atoms with van der Waals surface area (Å²) < 4.78 is 1.02. The van der Waals surface area contributed by atoms with Crippen molar-refractivity contribution in [3.05, 3.63) is 38.8 Å². The van der Waals surface area contributed by atoms with Crippen molar-refractivity contribution < 1.29 is 4.79 Å². The molecule has 3 rings (SSSR count). The number of amides is 1. The van der Waals surface area contributed by atoms with Crippen LogP contribution >= 0.6 is 38.6 Å². The number of nitrogens with one attached hydrogen (secondary N) is 2. The van der Waals surface area contributed by atoms with Crippen molar-refractivity contribution in [2.45, 2.75) is 6.92 Å². The lowest BCUT2D eigenvalue weighted by atomic mass is 10.4. The summed E-state index contributed by atoms with van der Waals surface area (Å²) in [6, 6.07) is 3.75. The van der Waals surface area contributed by atoms with Gasteiger partial charge in [-0.1, -0.05) is 0 Å². The number of hydrogen-bond acceptors (Lipinski definition) is 5. The normalized spacial score (nSPS) is 10.7. The lowest BCUT2D eigenvalue weighted by Gasteiger charge is -1.96. The van der Waals surface area contributed by atoms with Crippen LogP contribution < -0.4 is 5.32 Å². The summed E-state index contributed by atoms with van der Waals surface area (Å²) >= 11 is 6.44. The van der Waals surface area contributed by atoms with Crippen molar-refractivity contribution in [2.75, 3.05) is 5.32 Å². The Hall–Kier alpha value is -1.51. The van der Waals surface area contributed by atoms with E-state index in [9.17, 15) is 4.79 Å². The Bertz CT molecular complexity index is 761. The number of aromatic amines is 1. The molecule has 3 aromatic rings. The van der Waals surface area contributed by atoms with E-state index in [0.29, 0.717) is 11.5 Å². The molecule has 0 spiro atoms. The van der Waals surface area contributed by atoms with E-state index in [1.165, 1.54) is 11.3 Å². The van der Waals surface area contributed by atoms with Gasteiger partial charge < -0.3 is 5.32 Å². The zero-order chi connectivity index (χ0) is 14.1. The van der Waals surface area contributed by atoms with Gasteiger partial charge in [0, 0.05) is 27.0 Å². The lowest BCUT2D eigenvalue weighted by molar-refractivity contribution is 0.102. The van der Waals surface area contributed by atoms with Crippen molar-refractivity contribution in [3.8, 4) is 9.88 Å². The number of aryl methyl sites for hydroxylation is 1. The molecular weight excluding hydrogens is 360 g/mol. The van der Waals surface area contributed by atoms with Crippen molar-refractivity contribution in [1.82, 2.24) is 15.2 Å². The van der Waals surface area contributed by atoms with E-state index in [1.54, 1.807) is 22.8 Å². The van der Waals surface area contributed by atoms with Gasteiger partial charge >= 0.3 is 0 Å². The van der Waals surface area contributed by atoms with Crippen LogP contribution in [0.1, 0.15) is 16.2 Å². The van der Waals surface area contributed by atoms with E-state index >= 15 is 0 Å². The molecule has 102 valence electrons. The van der Waals surface area contributed by atoms with Gasteiger partial charge in [-0.05, 0) is 28.9 Å². The second-order valence-corrected chi connectivity index (χ2v) is 6.74. The fourth-order valence-corrected chi connectivity index (χ4v) is 3.89. The monoisotopic (exact) mass is 368 g/mol. The molecule has 0 aliphatic rings. The Morgan fingerprint density at radius 1 is 1.35 bits per heavy atom. The summed E-state index contributed by atoms with van der Waals surface area (Å²) in [7, 11) is 0. The SMILES string of the molecule is Cc1cc(NC(=O)c2csc(-c3cc(Br)cs3)n2)n[nH]1. The Kier molecular flexibility index (Phi) is 3.68. The summed E-state index contributed by atoms with van der Waals surface area (Å²) in [6.45, 7) is 1.87. The third-order valence-corrected chi connectivity index (χ3v) is 5.17. The van der Waals surface area contributed by atoms with Gasteiger partial charge in [-0.15, -0.1) is 22.7 Å². The quantitative estimate of drug-likeness (QED) is 0.735. The molecule has 0 bridgehead atoms. The number of thiazole rings is 1. The van der Waals surface area contributed by atoms with Crippen LogP contribution in [-0.4, -0.2) is 21.1 Å². The molecular formula is C12H9BrN4OS2. The predicted octanol–water partition coefficient (Wildman–Crippen LogP) is 3.92. The summed E-state index contributed by atoms with van der Waals surface area (Å²) in [4.78, 5) is 17.4. The summed E-state index contributed by atoms with van der Waals surface area (Å²) in [5, 5.41) is 14.0. The third kappa shape index (κ3) is 2.82. The van der Waals surface area contributed by atoms with Gasteiger partial charge in [-0.3, -0.25) is 9.89 Å². The largest absolute Gasteiger partial charge is 0.304 e. The Morgan fingerprint density at radius 3 is 2.85 bits per heavy atom. The standard InChI is InChI=1S/C12H9BrN4OS2/c1-6-2-10(17-16-6)15-11(18)8-5-20-12(14-8)9-3-7(13)4-19-9/h2-5H,1H3,(H2,15,16,17,18). The smallest absolute Gasteiger partial charge is 0.276 e. The van der Waals surface area contributed by atoms with Crippen LogP contribution in [0.5, 0.6) is 0 Å². The van der Waals surface area contributed by atoms with E-state index in [-0.39, 0.29) is 5.91 Å². The molecule has 0 unspecified atom stereocenters. The fourth-order valence-electron chi connectivity index (χ4n) is 1.58. The number of hydrogen-bond donors (Lipinski definition) is 2. The molecule has 2 N–H and O–H groups in total. The summed E-state index contributed by atoms with van der Waals surface area (Å²) in [6.07, 6.45) is 0. The molecule has 1 amide bonds. The maximum absolute atomic E-state index is 12.0. The molecule has 0 radical (unpaired) electrons. The summed E-state index contributed by atoms with van der Waals surface area (Å²) in [5.74, 6) is 0.246. The molecule has 3 aromatic heterocycles. The van der Waals surface area contributed by atoms with Crippen molar-refractivity contribution >= 4 is 50.3 Å². The number of carbonyl (C=O) groups is 1. The zero-order valence-electron chi connectivity index (χ0n) is 10.3. The highest BCUT2D eigenvalue weighted by atomic mass is 79.9. The average Bonchev–Trinajstić information content (AvgIpc) is 3.10. The van der Waals surface area contributed by atoms with Gasteiger partial charge in [0.05, 0.1) is 4.88 Å².